The second-order valence-electron chi connectivity index (χ2n) is 4.39. The summed E-state index contributed by atoms with van der Waals surface area (Å²) < 4.78 is 0. The van der Waals surface area contributed by atoms with Gasteiger partial charge in [-0.15, -0.1) is 5.75 Å². The largest absolute Gasteiger partial charge is 0.872 e. The van der Waals surface area contributed by atoms with Gasteiger partial charge in [-0.3, -0.25) is 0 Å². The quantitative estimate of drug-likeness (QED) is 0.708. The Labute approximate surface area is 89.4 Å². The molecule has 0 saturated heterocycles. The predicted octanol–water partition coefficient (Wildman–Crippen LogP) is 0.485. The van der Waals surface area contributed by atoms with Crippen LogP contribution in [0.5, 0.6) is 5.75 Å². The van der Waals surface area contributed by atoms with Gasteiger partial charge in [-0.1, -0.05) is 12.1 Å². The van der Waals surface area contributed by atoms with Crippen LogP contribution in [0.2, 0.25) is 0 Å². The highest BCUT2D eigenvalue weighted by Gasteiger charge is 2.00. The van der Waals surface area contributed by atoms with Crippen molar-refractivity contribution in [3.63, 3.8) is 0 Å². The van der Waals surface area contributed by atoms with Crippen LogP contribution in [0.15, 0.2) is 24.3 Å². The summed E-state index contributed by atoms with van der Waals surface area (Å²) in [4.78, 5) is 10.2. The fraction of sp³-hybridized carbons (Fsp3) is 0.364. The molecule has 0 aliphatic heterocycles. The van der Waals surface area contributed by atoms with Gasteiger partial charge >= 0.3 is 5.97 Å². The van der Waals surface area contributed by atoms with Crippen molar-refractivity contribution < 1.29 is 20.7 Å². The fourth-order valence-electron chi connectivity index (χ4n) is 0.598. The number of hydrogen-bond donors (Lipinski definition) is 2. The Hall–Kier alpha value is -1.55. The molecule has 0 saturated carbocycles. The van der Waals surface area contributed by atoms with Crippen molar-refractivity contribution in [2.24, 2.45) is 0 Å². The first-order chi connectivity index (χ1) is 6.70. The molecule has 0 amide bonds. The van der Waals surface area contributed by atoms with Crippen LogP contribution in [0.4, 0.5) is 0 Å². The predicted molar refractivity (Wildman–Crippen MR) is 55.5 cm³/mol. The minimum absolute atomic E-state index is 0.139. The van der Waals surface area contributed by atoms with Crippen molar-refractivity contribution in [3.05, 3.63) is 29.8 Å². The van der Waals surface area contributed by atoms with Crippen molar-refractivity contribution in [2.45, 2.75) is 26.3 Å². The lowest BCUT2D eigenvalue weighted by atomic mass is 10.1. The lowest BCUT2D eigenvalue weighted by molar-refractivity contribution is -0.458. The van der Waals surface area contributed by atoms with Gasteiger partial charge in [0.1, 0.15) is 0 Å². The van der Waals surface area contributed by atoms with Gasteiger partial charge in [0.2, 0.25) is 0 Å². The number of aromatic carboxylic acids is 1. The van der Waals surface area contributed by atoms with Crippen LogP contribution in [0.25, 0.3) is 0 Å². The molecule has 15 heavy (non-hydrogen) atoms. The Morgan fingerprint density at radius 3 is 1.87 bits per heavy atom. The molecule has 4 N–H and O–H groups in total. The van der Waals surface area contributed by atoms with E-state index in [4.69, 9.17) is 5.11 Å². The summed E-state index contributed by atoms with van der Waals surface area (Å²) in [5, 5.41) is 18.8. The van der Waals surface area contributed by atoms with Crippen LogP contribution in [0, 0.1) is 0 Å². The van der Waals surface area contributed by atoms with Crippen molar-refractivity contribution in [3.8, 4) is 5.75 Å². The third-order valence-corrected chi connectivity index (χ3v) is 1.10. The first-order valence-electron chi connectivity index (χ1n) is 4.56. The zero-order chi connectivity index (χ0) is 12.1. The Balaban J connectivity index is 0.000000336. The highest BCUT2D eigenvalue weighted by molar-refractivity contribution is 5.87. The van der Waals surface area contributed by atoms with Gasteiger partial charge in [0.15, 0.2) is 0 Å². The average molecular weight is 211 g/mol. The Bertz CT molecular complexity index is 306. The van der Waals surface area contributed by atoms with Crippen molar-refractivity contribution in [1.29, 1.82) is 0 Å². The molecule has 0 aromatic heterocycles. The highest BCUT2D eigenvalue weighted by Crippen LogP contribution is 2.05. The van der Waals surface area contributed by atoms with Crippen LogP contribution in [-0.4, -0.2) is 16.6 Å². The third-order valence-electron chi connectivity index (χ3n) is 1.10. The van der Waals surface area contributed by atoms with E-state index in [2.05, 4.69) is 26.5 Å². The normalized spacial score (nSPS) is 10.1. The molecule has 1 rings (SSSR count). The van der Waals surface area contributed by atoms with Crippen LogP contribution < -0.4 is 10.8 Å². The molecular weight excluding hydrogens is 194 g/mol. The molecule has 0 unspecified atom stereocenters. The van der Waals surface area contributed by atoms with E-state index in [-0.39, 0.29) is 16.9 Å². The number of rotatable bonds is 1. The molecule has 4 nitrogen and oxygen atoms in total. The van der Waals surface area contributed by atoms with E-state index in [9.17, 15) is 9.90 Å². The molecule has 4 heteroatoms. The summed E-state index contributed by atoms with van der Waals surface area (Å²) in [6.45, 7) is 6.23. The number of carboxylic acids is 1. The maximum absolute atomic E-state index is 10.5. The second-order valence-corrected chi connectivity index (χ2v) is 4.39. The van der Waals surface area contributed by atoms with Gasteiger partial charge in [-0.05, 0) is 32.9 Å². The fourth-order valence-corrected chi connectivity index (χ4v) is 0.598. The Morgan fingerprint density at radius 1 is 1.27 bits per heavy atom. The zero-order valence-electron chi connectivity index (χ0n) is 9.28. The SMILES string of the molecule is CC(C)(C)[NH3+].O=C(O)c1ccc([O-])cc1. The van der Waals surface area contributed by atoms with Crippen molar-refractivity contribution >= 4 is 5.97 Å². The Kier molecular flexibility index (Phi) is 4.81. The van der Waals surface area contributed by atoms with Gasteiger partial charge in [-0.2, -0.15) is 0 Å². The van der Waals surface area contributed by atoms with Crippen LogP contribution in [0.1, 0.15) is 31.1 Å². The minimum atomic E-state index is -1.01. The summed E-state index contributed by atoms with van der Waals surface area (Å²) in [5.74, 6) is -1.19. The van der Waals surface area contributed by atoms with Gasteiger partial charge in [0, 0.05) is 0 Å². The van der Waals surface area contributed by atoms with E-state index >= 15 is 0 Å². The molecule has 0 atom stereocenters. The standard InChI is InChI=1S/C7H6O3.C4H11N/c8-6-3-1-5(2-4-6)7(9)10;1-4(2,3)5/h1-4,8H,(H,9,10);5H2,1-3H3. The van der Waals surface area contributed by atoms with Crippen LogP contribution in [0.3, 0.4) is 0 Å². The number of quaternary nitrogens is 1. The lowest BCUT2D eigenvalue weighted by Gasteiger charge is -2.02. The molecule has 0 heterocycles. The van der Waals surface area contributed by atoms with Crippen LogP contribution >= 0.6 is 0 Å². The summed E-state index contributed by atoms with van der Waals surface area (Å²) in [6, 6.07) is 5.02. The topological polar surface area (TPSA) is 88.0 Å². The van der Waals surface area contributed by atoms with E-state index in [1.165, 1.54) is 24.3 Å². The summed E-state index contributed by atoms with van der Waals surface area (Å²) in [5.41, 5.74) is 4.16. The molecule has 0 aliphatic carbocycles. The van der Waals surface area contributed by atoms with Gasteiger partial charge in [0.05, 0.1) is 11.1 Å². The van der Waals surface area contributed by atoms with Gasteiger partial charge < -0.3 is 15.9 Å². The van der Waals surface area contributed by atoms with E-state index in [0.29, 0.717) is 0 Å². The molecule has 0 radical (unpaired) electrons. The van der Waals surface area contributed by atoms with E-state index in [1.54, 1.807) is 0 Å². The van der Waals surface area contributed by atoms with Crippen molar-refractivity contribution in [1.82, 2.24) is 0 Å². The van der Waals surface area contributed by atoms with Crippen LogP contribution in [-0.2, 0) is 0 Å². The lowest BCUT2D eigenvalue weighted by Crippen LogP contribution is -2.67. The van der Waals surface area contributed by atoms with E-state index in [0.717, 1.165) is 0 Å². The molecule has 1 aromatic carbocycles. The Morgan fingerprint density at radius 2 is 1.60 bits per heavy atom. The first kappa shape index (κ1) is 13.4. The highest BCUT2D eigenvalue weighted by atomic mass is 16.4. The maximum atomic E-state index is 10.5. The summed E-state index contributed by atoms with van der Waals surface area (Å²) >= 11 is 0. The zero-order valence-corrected chi connectivity index (χ0v) is 9.28. The maximum Gasteiger partial charge on any atom is 0.335 e. The number of benzene rings is 1. The third kappa shape index (κ3) is 8.77. The molecule has 0 fully saturated rings. The minimum Gasteiger partial charge on any atom is -0.872 e. The second kappa shape index (κ2) is 5.36. The molecule has 0 spiro atoms. The van der Waals surface area contributed by atoms with E-state index in [1.807, 2.05) is 0 Å². The smallest absolute Gasteiger partial charge is 0.335 e. The molecule has 1 aromatic rings. The average Bonchev–Trinajstić information content (AvgIpc) is 2.01. The van der Waals surface area contributed by atoms with E-state index < -0.39 is 5.97 Å². The molecule has 0 bridgehead atoms. The first-order valence-corrected chi connectivity index (χ1v) is 4.56. The van der Waals surface area contributed by atoms with Gasteiger partial charge in [-0.25, -0.2) is 4.79 Å². The summed E-state index contributed by atoms with van der Waals surface area (Å²) in [6.07, 6.45) is 0. The van der Waals surface area contributed by atoms with Gasteiger partial charge in [0.25, 0.3) is 0 Å². The number of carboxylic acid groups (broad SMARTS) is 1. The molecular formula is C11H17NO3. The summed E-state index contributed by atoms with van der Waals surface area (Å²) in [7, 11) is 0. The number of hydrogen-bond acceptors (Lipinski definition) is 2. The molecule has 84 valence electrons. The number of carbonyl (C=O) groups is 1. The molecule has 0 aliphatic rings. The monoisotopic (exact) mass is 211 g/mol. The van der Waals surface area contributed by atoms with Crippen molar-refractivity contribution in [2.75, 3.05) is 0 Å².